The molecule has 0 fully saturated rings. The van der Waals surface area contributed by atoms with E-state index in [1.165, 1.54) is 44.9 Å². The summed E-state index contributed by atoms with van der Waals surface area (Å²) in [6.45, 7) is 2.76. The van der Waals surface area contributed by atoms with Crippen molar-refractivity contribution in [3.05, 3.63) is 0 Å². The molecule has 110 valence electrons. The van der Waals surface area contributed by atoms with Crippen molar-refractivity contribution in [1.29, 1.82) is 5.26 Å². The van der Waals surface area contributed by atoms with Gasteiger partial charge in [0.25, 0.3) is 0 Å². The molecule has 0 aromatic rings. The molecule has 0 aliphatic heterocycles. The van der Waals surface area contributed by atoms with Crippen molar-refractivity contribution in [2.45, 2.75) is 71.1 Å². The van der Waals surface area contributed by atoms with E-state index in [0.29, 0.717) is 6.61 Å². The predicted octanol–water partition coefficient (Wildman–Crippen LogP) is 4.58. The van der Waals surface area contributed by atoms with E-state index in [0.717, 1.165) is 12.8 Å². The first-order valence-electron chi connectivity index (χ1n) is 7.47. The van der Waals surface area contributed by atoms with Gasteiger partial charge >= 0.3 is 6.16 Å². The van der Waals surface area contributed by atoms with Gasteiger partial charge in [0.15, 0.2) is 0 Å². The van der Waals surface area contributed by atoms with Crippen LogP contribution in [0, 0.1) is 11.3 Å². The van der Waals surface area contributed by atoms with E-state index in [4.69, 9.17) is 10.00 Å². The van der Waals surface area contributed by atoms with Crippen molar-refractivity contribution in [3.8, 4) is 6.07 Å². The largest absolute Gasteiger partial charge is 0.508 e. The number of unbranched alkanes of at least 4 members (excludes halogenated alkanes) is 8. The number of rotatable bonds is 12. The number of nitriles is 1. The molecule has 0 aromatic carbocycles. The van der Waals surface area contributed by atoms with Crippen LogP contribution in [0.1, 0.15) is 71.1 Å². The first-order chi connectivity index (χ1) is 9.31. The van der Waals surface area contributed by atoms with Crippen LogP contribution >= 0.6 is 0 Å². The fourth-order valence-electron chi connectivity index (χ4n) is 1.79. The smallest absolute Gasteiger partial charge is 0.434 e. The highest BCUT2D eigenvalue weighted by molar-refractivity contribution is 5.59. The Hall–Kier alpha value is -1.24. The molecule has 0 N–H and O–H groups in total. The van der Waals surface area contributed by atoms with Gasteiger partial charge in [-0.25, -0.2) is 4.79 Å². The lowest BCUT2D eigenvalue weighted by molar-refractivity contribution is 0.0556. The second kappa shape index (κ2) is 14.8. The summed E-state index contributed by atoms with van der Waals surface area (Å²) in [6.07, 6.45) is 10.7. The number of hydrogen-bond donors (Lipinski definition) is 0. The Morgan fingerprint density at radius 3 is 2.00 bits per heavy atom. The van der Waals surface area contributed by atoms with Gasteiger partial charge in [-0.2, -0.15) is 5.26 Å². The van der Waals surface area contributed by atoms with Gasteiger partial charge in [-0.05, 0) is 6.42 Å². The molecule has 0 rings (SSSR count). The minimum atomic E-state index is -0.658. The third-order valence-corrected chi connectivity index (χ3v) is 2.90. The predicted molar refractivity (Wildman–Crippen MR) is 74.8 cm³/mol. The molecule has 0 spiro atoms. The van der Waals surface area contributed by atoms with Crippen molar-refractivity contribution in [1.82, 2.24) is 0 Å². The monoisotopic (exact) mass is 269 g/mol. The van der Waals surface area contributed by atoms with Gasteiger partial charge < -0.3 is 9.47 Å². The van der Waals surface area contributed by atoms with Gasteiger partial charge in [-0.15, -0.1) is 0 Å². The second-order valence-corrected chi connectivity index (χ2v) is 4.68. The summed E-state index contributed by atoms with van der Waals surface area (Å²) in [4.78, 5) is 11.0. The molecule has 0 saturated carbocycles. The fraction of sp³-hybridized carbons (Fsp3) is 0.867. The normalized spacial score (nSPS) is 9.89. The average molecular weight is 269 g/mol. The first-order valence-corrected chi connectivity index (χ1v) is 7.47. The lowest BCUT2D eigenvalue weighted by Gasteiger charge is -2.05. The van der Waals surface area contributed by atoms with Crippen molar-refractivity contribution in [2.24, 2.45) is 0 Å². The maximum absolute atomic E-state index is 11.0. The highest BCUT2D eigenvalue weighted by atomic mass is 16.7. The number of hydrogen-bond acceptors (Lipinski definition) is 4. The summed E-state index contributed by atoms with van der Waals surface area (Å²) in [5.41, 5.74) is 0. The maximum Gasteiger partial charge on any atom is 0.508 e. The zero-order valence-corrected chi connectivity index (χ0v) is 12.2. The molecule has 0 amide bonds. The van der Waals surface area contributed by atoms with Crippen molar-refractivity contribution in [3.63, 3.8) is 0 Å². The molecule has 0 radical (unpaired) electrons. The summed E-state index contributed by atoms with van der Waals surface area (Å²) < 4.78 is 9.56. The molecule has 0 aliphatic rings. The Bertz CT molecular complexity index is 248. The van der Waals surface area contributed by atoms with Crippen LogP contribution in [0.15, 0.2) is 0 Å². The number of ether oxygens (including phenoxy) is 2. The zero-order valence-electron chi connectivity index (χ0n) is 12.2. The molecule has 19 heavy (non-hydrogen) atoms. The van der Waals surface area contributed by atoms with Gasteiger partial charge in [0.2, 0.25) is 0 Å². The SMILES string of the molecule is CCCCCCCCCCCOC(=O)OCCC#N. The van der Waals surface area contributed by atoms with Gasteiger partial charge in [-0.1, -0.05) is 58.3 Å². The fourth-order valence-corrected chi connectivity index (χ4v) is 1.79. The van der Waals surface area contributed by atoms with Crippen molar-refractivity contribution in [2.75, 3.05) is 13.2 Å². The van der Waals surface area contributed by atoms with Crippen LogP contribution in [0.2, 0.25) is 0 Å². The standard InChI is InChI=1S/C15H27NO3/c1-2-3-4-5-6-7-8-9-10-13-18-15(17)19-14-11-12-16/h2-11,13-14H2,1H3. The lowest BCUT2D eigenvalue weighted by atomic mass is 10.1. The van der Waals surface area contributed by atoms with E-state index < -0.39 is 6.16 Å². The lowest BCUT2D eigenvalue weighted by Crippen LogP contribution is -2.09. The number of carbonyl (C=O) groups is 1. The molecule has 0 aliphatic carbocycles. The molecule has 0 bridgehead atoms. The van der Waals surface area contributed by atoms with Gasteiger partial charge in [0, 0.05) is 0 Å². The minimum absolute atomic E-state index is 0.118. The van der Waals surface area contributed by atoms with Crippen molar-refractivity contribution < 1.29 is 14.3 Å². The first kappa shape index (κ1) is 17.8. The Labute approximate surface area is 117 Å². The van der Waals surface area contributed by atoms with E-state index in [9.17, 15) is 4.79 Å². The summed E-state index contributed by atoms with van der Waals surface area (Å²) in [5.74, 6) is 0. The van der Waals surface area contributed by atoms with Crippen LogP contribution in [0.25, 0.3) is 0 Å². The third kappa shape index (κ3) is 14.7. The second-order valence-electron chi connectivity index (χ2n) is 4.68. The number of carbonyl (C=O) groups excluding carboxylic acids is 1. The van der Waals surface area contributed by atoms with Crippen LogP contribution in [-0.4, -0.2) is 19.4 Å². The molecular formula is C15H27NO3. The Balaban J connectivity index is 3.10. The van der Waals surface area contributed by atoms with Crippen LogP contribution < -0.4 is 0 Å². The van der Waals surface area contributed by atoms with E-state index in [1.807, 2.05) is 6.07 Å². The molecule has 0 unspecified atom stereocenters. The molecule has 4 nitrogen and oxygen atoms in total. The molecular weight excluding hydrogens is 242 g/mol. The van der Waals surface area contributed by atoms with Gasteiger partial charge in [0.1, 0.15) is 6.61 Å². The topological polar surface area (TPSA) is 59.3 Å². The van der Waals surface area contributed by atoms with E-state index in [2.05, 4.69) is 11.7 Å². The van der Waals surface area contributed by atoms with E-state index in [1.54, 1.807) is 0 Å². The Morgan fingerprint density at radius 1 is 0.895 bits per heavy atom. The van der Waals surface area contributed by atoms with Crippen LogP contribution in [0.3, 0.4) is 0 Å². The highest BCUT2D eigenvalue weighted by Gasteiger charge is 2.02. The quantitative estimate of drug-likeness (QED) is 0.384. The van der Waals surface area contributed by atoms with Gasteiger partial charge in [0.05, 0.1) is 19.1 Å². The van der Waals surface area contributed by atoms with Crippen LogP contribution in [0.5, 0.6) is 0 Å². The molecule has 0 saturated heterocycles. The zero-order chi connectivity index (χ0) is 14.2. The minimum Gasteiger partial charge on any atom is -0.434 e. The summed E-state index contributed by atoms with van der Waals surface area (Å²) >= 11 is 0. The van der Waals surface area contributed by atoms with Crippen LogP contribution in [0.4, 0.5) is 4.79 Å². The summed E-state index contributed by atoms with van der Waals surface area (Å²) in [6, 6.07) is 1.90. The Kier molecular flexibility index (Phi) is 13.9. The van der Waals surface area contributed by atoms with E-state index in [-0.39, 0.29) is 13.0 Å². The van der Waals surface area contributed by atoms with Crippen molar-refractivity contribution >= 4 is 6.16 Å². The number of nitrogens with zero attached hydrogens (tertiary/aromatic N) is 1. The van der Waals surface area contributed by atoms with Crippen LogP contribution in [-0.2, 0) is 9.47 Å². The maximum atomic E-state index is 11.0. The molecule has 0 aromatic heterocycles. The highest BCUT2D eigenvalue weighted by Crippen LogP contribution is 2.09. The third-order valence-electron chi connectivity index (χ3n) is 2.90. The average Bonchev–Trinajstić information content (AvgIpc) is 2.41. The summed E-state index contributed by atoms with van der Waals surface area (Å²) in [5, 5.41) is 8.26. The van der Waals surface area contributed by atoms with Gasteiger partial charge in [-0.3, -0.25) is 0 Å². The molecule has 0 heterocycles. The Morgan fingerprint density at radius 2 is 1.42 bits per heavy atom. The molecule has 4 heteroatoms. The van der Waals surface area contributed by atoms with E-state index >= 15 is 0 Å². The summed E-state index contributed by atoms with van der Waals surface area (Å²) in [7, 11) is 0. The molecule has 0 atom stereocenters.